The molecule has 1 aliphatic carbocycles. The molecule has 1 saturated heterocycles. The molecule has 1 saturated carbocycles. The molecular formula is C28H39N3O3. The number of aryl methyl sites for hydroxylation is 1. The fourth-order valence-electron chi connectivity index (χ4n) is 5.38. The average Bonchev–Trinajstić information content (AvgIpc) is 2.88. The number of piperidine rings is 1. The first kappa shape index (κ1) is 24.5. The number of hydrogen-bond donors (Lipinski definition) is 1. The van der Waals surface area contributed by atoms with E-state index >= 15 is 0 Å². The molecule has 4 rings (SSSR count). The Morgan fingerprint density at radius 2 is 1.68 bits per heavy atom. The highest BCUT2D eigenvalue weighted by Gasteiger charge is 2.26. The van der Waals surface area contributed by atoms with Crippen LogP contribution in [0.25, 0.3) is 0 Å². The van der Waals surface area contributed by atoms with Gasteiger partial charge in [-0.05, 0) is 81.4 Å². The summed E-state index contributed by atoms with van der Waals surface area (Å²) in [7, 11) is 3.36. The highest BCUT2D eigenvalue weighted by Crippen LogP contribution is 2.31. The third-order valence-electron chi connectivity index (χ3n) is 7.38. The summed E-state index contributed by atoms with van der Waals surface area (Å²) in [6, 6.07) is 9.99. The summed E-state index contributed by atoms with van der Waals surface area (Å²) in [5.41, 5.74) is 3.90. The van der Waals surface area contributed by atoms with Crippen LogP contribution in [0.4, 0.5) is 0 Å². The lowest BCUT2D eigenvalue weighted by atomic mass is 9.88. The SMILES string of the molecule is COc1cc(CN2CCC(c3nc(C)ccc3C(=O)NCC3CCCCC3)CC2)cc(OC)c1. The van der Waals surface area contributed by atoms with Crippen LogP contribution in [0.3, 0.4) is 0 Å². The summed E-state index contributed by atoms with van der Waals surface area (Å²) in [5, 5.41) is 3.22. The lowest BCUT2D eigenvalue weighted by Gasteiger charge is -2.32. The molecule has 1 amide bonds. The van der Waals surface area contributed by atoms with Crippen LogP contribution < -0.4 is 14.8 Å². The molecule has 0 unspecified atom stereocenters. The number of carbonyl (C=O) groups excluding carboxylic acids is 1. The molecule has 2 aromatic rings. The molecule has 0 spiro atoms. The van der Waals surface area contributed by atoms with E-state index in [9.17, 15) is 4.79 Å². The van der Waals surface area contributed by atoms with Gasteiger partial charge in [-0.2, -0.15) is 0 Å². The summed E-state index contributed by atoms with van der Waals surface area (Å²) in [5.74, 6) is 2.61. The zero-order valence-corrected chi connectivity index (χ0v) is 20.9. The molecule has 2 aliphatic rings. The molecule has 0 atom stereocenters. The van der Waals surface area contributed by atoms with E-state index in [-0.39, 0.29) is 5.91 Å². The van der Waals surface area contributed by atoms with Gasteiger partial charge in [-0.15, -0.1) is 0 Å². The summed E-state index contributed by atoms with van der Waals surface area (Å²) >= 11 is 0. The molecule has 2 fully saturated rings. The first-order valence-electron chi connectivity index (χ1n) is 12.8. The van der Waals surface area contributed by atoms with Gasteiger partial charge in [-0.3, -0.25) is 14.7 Å². The lowest BCUT2D eigenvalue weighted by molar-refractivity contribution is 0.0940. The van der Waals surface area contributed by atoms with E-state index in [1.807, 2.05) is 25.1 Å². The highest BCUT2D eigenvalue weighted by molar-refractivity contribution is 5.95. The van der Waals surface area contributed by atoms with Crippen LogP contribution in [-0.2, 0) is 6.54 Å². The van der Waals surface area contributed by atoms with Gasteiger partial charge in [-0.1, -0.05) is 19.3 Å². The van der Waals surface area contributed by atoms with Crippen molar-refractivity contribution in [3.8, 4) is 11.5 Å². The van der Waals surface area contributed by atoms with Crippen molar-refractivity contribution in [2.24, 2.45) is 5.92 Å². The predicted octanol–water partition coefficient (Wildman–Crippen LogP) is 5.10. The van der Waals surface area contributed by atoms with Crippen molar-refractivity contribution in [1.82, 2.24) is 15.2 Å². The number of ether oxygens (including phenoxy) is 2. The minimum absolute atomic E-state index is 0.0407. The number of likely N-dealkylation sites (tertiary alicyclic amines) is 1. The van der Waals surface area contributed by atoms with Gasteiger partial charge >= 0.3 is 0 Å². The molecule has 6 heteroatoms. The molecule has 1 aromatic carbocycles. The maximum atomic E-state index is 13.1. The summed E-state index contributed by atoms with van der Waals surface area (Å²) in [6.07, 6.45) is 8.38. The Kier molecular flexibility index (Phi) is 8.44. The normalized spacial score (nSPS) is 18.0. The van der Waals surface area contributed by atoms with Crippen LogP contribution in [0.15, 0.2) is 30.3 Å². The van der Waals surface area contributed by atoms with E-state index in [1.165, 1.54) is 37.7 Å². The number of nitrogens with one attached hydrogen (secondary N) is 1. The number of nitrogens with zero attached hydrogens (tertiary/aromatic N) is 2. The van der Waals surface area contributed by atoms with Crippen LogP contribution in [-0.4, -0.2) is 49.6 Å². The maximum Gasteiger partial charge on any atom is 0.253 e. The van der Waals surface area contributed by atoms with Crippen molar-refractivity contribution >= 4 is 5.91 Å². The highest BCUT2D eigenvalue weighted by atomic mass is 16.5. The standard InChI is InChI=1S/C28H39N3O3/c1-20-9-10-26(28(32)29-18-21-7-5-4-6-8-21)27(30-20)23-11-13-31(14-12-23)19-22-15-24(33-2)17-25(16-22)34-3/h9-10,15-17,21,23H,4-8,11-14,18-19H2,1-3H3,(H,29,32). The fourth-order valence-corrected chi connectivity index (χ4v) is 5.38. The molecule has 2 heterocycles. The quantitative estimate of drug-likeness (QED) is 0.588. The average molecular weight is 466 g/mol. The van der Waals surface area contributed by atoms with Crippen molar-refractivity contribution < 1.29 is 14.3 Å². The van der Waals surface area contributed by atoms with Gasteiger partial charge in [0.05, 0.1) is 25.5 Å². The molecule has 0 bridgehead atoms. The molecule has 0 radical (unpaired) electrons. The van der Waals surface area contributed by atoms with Gasteiger partial charge in [0, 0.05) is 30.8 Å². The first-order valence-corrected chi connectivity index (χ1v) is 12.8. The van der Waals surface area contributed by atoms with Gasteiger partial charge in [0.15, 0.2) is 0 Å². The Balaban J connectivity index is 1.38. The Labute approximate surface area is 204 Å². The Bertz CT molecular complexity index is 941. The van der Waals surface area contributed by atoms with Crippen molar-refractivity contribution in [3.63, 3.8) is 0 Å². The molecule has 34 heavy (non-hydrogen) atoms. The zero-order valence-electron chi connectivity index (χ0n) is 20.9. The number of pyridine rings is 1. The smallest absolute Gasteiger partial charge is 0.253 e. The van der Waals surface area contributed by atoms with Crippen molar-refractivity contribution in [2.75, 3.05) is 33.9 Å². The van der Waals surface area contributed by atoms with E-state index in [4.69, 9.17) is 14.5 Å². The van der Waals surface area contributed by atoms with E-state index in [0.29, 0.717) is 11.8 Å². The molecule has 184 valence electrons. The van der Waals surface area contributed by atoms with Crippen LogP contribution in [0.2, 0.25) is 0 Å². The number of rotatable bonds is 8. The Hall–Kier alpha value is -2.60. The van der Waals surface area contributed by atoms with Crippen molar-refractivity contribution in [2.45, 2.75) is 64.3 Å². The number of carbonyl (C=O) groups is 1. The topological polar surface area (TPSA) is 63.7 Å². The van der Waals surface area contributed by atoms with Gasteiger partial charge < -0.3 is 14.8 Å². The van der Waals surface area contributed by atoms with Crippen LogP contribution >= 0.6 is 0 Å². The molecule has 1 aromatic heterocycles. The van der Waals surface area contributed by atoms with Gasteiger partial charge in [0.25, 0.3) is 5.91 Å². The van der Waals surface area contributed by atoms with E-state index in [1.54, 1.807) is 14.2 Å². The van der Waals surface area contributed by atoms with E-state index in [2.05, 4.69) is 22.3 Å². The fraction of sp³-hybridized carbons (Fsp3) is 0.571. The number of hydrogen-bond acceptors (Lipinski definition) is 5. The zero-order chi connectivity index (χ0) is 23.9. The first-order chi connectivity index (χ1) is 16.6. The minimum atomic E-state index is 0.0407. The second-order valence-corrected chi connectivity index (χ2v) is 9.87. The number of aromatic nitrogens is 1. The monoisotopic (exact) mass is 465 g/mol. The molecule has 1 aliphatic heterocycles. The molecular weight excluding hydrogens is 426 g/mol. The lowest BCUT2D eigenvalue weighted by Crippen LogP contribution is -2.35. The minimum Gasteiger partial charge on any atom is -0.497 e. The Morgan fingerprint density at radius 3 is 2.32 bits per heavy atom. The van der Waals surface area contributed by atoms with Crippen LogP contribution in [0.1, 0.15) is 78.2 Å². The van der Waals surface area contributed by atoms with Gasteiger partial charge in [-0.25, -0.2) is 0 Å². The number of methoxy groups -OCH3 is 2. The summed E-state index contributed by atoms with van der Waals surface area (Å²) in [6.45, 7) is 5.61. The number of amides is 1. The van der Waals surface area contributed by atoms with Crippen molar-refractivity contribution in [3.05, 3.63) is 52.8 Å². The second kappa shape index (κ2) is 11.7. The number of benzene rings is 1. The van der Waals surface area contributed by atoms with Crippen LogP contribution in [0.5, 0.6) is 11.5 Å². The van der Waals surface area contributed by atoms with Gasteiger partial charge in [0.1, 0.15) is 11.5 Å². The van der Waals surface area contributed by atoms with Crippen LogP contribution in [0, 0.1) is 12.8 Å². The largest absolute Gasteiger partial charge is 0.497 e. The van der Waals surface area contributed by atoms with Gasteiger partial charge in [0.2, 0.25) is 0 Å². The molecule has 6 nitrogen and oxygen atoms in total. The van der Waals surface area contributed by atoms with Crippen molar-refractivity contribution in [1.29, 1.82) is 0 Å². The van der Waals surface area contributed by atoms with E-state index in [0.717, 1.165) is 67.5 Å². The third-order valence-corrected chi connectivity index (χ3v) is 7.38. The Morgan fingerprint density at radius 1 is 1.00 bits per heavy atom. The van der Waals surface area contributed by atoms with E-state index < -0.39 is 0 Å². The maximum absolute atomic E-state index is 13.1. The second-order valence-electron chi connectivity index (χ2n) is 9.87. The molecule has 1 N–H and O–H groups in total. The summed E-state index contributed by atoms with van der Waals surface area (Å²) in [4.78, 5) is 20.4. The predicted molar refractivity (Wildman–Crippen MR) is 135 cm³/mol. The summed E-state index contributed by atoms with van der Waals surface area (Å²) < 4.78 is 10.8. The third kappa shape index (κ3) is 6.29.